The van der Waals surface area contributed by atoms with Crippen LogP contribution in [0.1, 0.15) is 0 Å². The maximum Gasteiger partial charge on any atom is 0.573 e. The third-order valence-electron chi connectivity index (χ3n) is 2.38. The Morgan fingerprint density at radius 3 is 2.20 bits per heavy atom. The van der Waals surface area contributed by atoms with Crippen molar-refractivity contribution >= 4 is 23.2 Å². The molecule has 2 nitrogen and oxygen atoms in total. The zero-order valence-electron chi connectivity index (χ0n) is 9.71. The maximum atomic E-state index is 12.2. The standard InChI is InChI=1S/C13H7Cl2F3O2/c14-11-2-1-7(5-12(11)15)8-3-9(19)6-10(4-8)20-13(16,17)18/h1-6,19H. The molecule has 0 fully saturated rings. The minimum absolute atomic E-state index is 0.255. The predicted molar refractivity (Wildman–Crippen MR) is 70.2 cm³/mol. The molecule has 0 radical (unpaired) electrons. The summed E-state index contributed by atoms with van der Waals surface area (Å²) in [6.07, 6.45) is -4.83. The van der Waals surface area contributed by atoms with Crippen molar-refractivity contribution in [1.82, 2.24) is 0 Å². The second-order valence-corrected chi connectivity index (χ2v) is 4.71. The van der Waals surface area contributed by atoms with Crippen LogP contribution < -0.4 is 4.74 Å². The Bertz CT molecular complexity index is 642. The van der Waals surface area contributed by atoms with Gasteiger partial charge in [0.2, 0.25) is 0 Å². The lowest BCUT2D eigenvalue weighted by Crippen LogP contribution is -2.17. The molecule has 106 valence electrons. The lowest BCUT2D eigenvalue weighted by molar-refractivity contribution is -0.274. The van der Waals surface area contributed by atoms with E-state index in [1.165, 1.54) is 18.2 Å². The smallest absolute Gasteiger partial charge is 0.508 e. The van der Waals surface area contributed by atoms with Gasteiger partial charge in [0.15, 0.2) is 0 Å². The molecular formula is C13H7Cl2F3O2. The fourth-order valence-corrected chi connectivity index (χ4v) is 1.92. The summed E-state index contributed by atoms with van der Waals surface area (Å²) in [7, 11) is 0. The fraction of sp³-hybridized carbons (Fsp3) is 0.0769. The van der Waals surface area contributed by atoms with Crippen LogP contribution >= 0.6 is 23.2 Å². The normalized spacial score (nSPS) is 11.4. The van der Waals surface area contributed by atoms with Gasteiger partial charge in [-0.1, -0.05) is 29.3 Å². The van der Waals surface area contributed by atoms with Gasteiger partial charge in [-0.15, -0.1) is 13.2 Å². The van der Waals surface area contributed by atoms with Crippen LogP contribution in [-0.4, -0.2) is 11.5 Å². The number of aromatic hydroxyl groups is 1. The van der Waals surface area contributed by atoms with E-state index in [1.54, 1.807) is 6.07 Å². The summed E-state index contributed by atoms with van der Waals surface area (Å²) >= 11 is 11.6. The number of hydrogen-bond donors (Lipinski definition) is 1. The molecule has 0 atom stereocenters. The zero-order chi connectivity index (χ0) is 14.9. The van der Waals surface area contributed by atoms with Crippen molar-refractivity contribution in [2.45, 2.75) is 6.36 Å². The van der Waals surface area contributed by atoms with E-state index in [0.717, 1.165) is 12.1 Å². The molecule has 0 unspecified atom stereocenters. The number of phenolic OH excluding ortho intramolecular Hbond substituents is 1. The highest BCUT2D eigenvalue weighted by Gasteiger charge is 2.31. The van der Waals surface area contributed by atoms with E-state index in [0.29, 0.717) is 16.1 Å². The fourth-order valence-electron chi connectivity index (χ4n) is 1.62. The van der Waals surface area contributed by atoms with Crippen molar-refractivity contribution in [1.29, 1.82) is 0 Å². The van der Waals surface area contributed by atoms with Crippen LogP contribution in [0.5, 0.6) is 11.5 Å². The molecule has 20 heavy (non-hydrogen) atoms. The lowest BCUT2D eigenvalue weighted by atomic mass is 10.1. The summed E-state index contributed by atoms with van der Waals surface area (Å²) in [6, 6.07) is 7.87. The summed E-state index contributed by atoms with van der Waals surface area (Å²) in [4.78, 5) is 0. The van der Waals surface area contributed by atoms with Crippen LogP contribution in [0.3, 0.4) is 0 Å². The van der Waals surface area contributed by atoms with Gasteiger partial charge < -0.3 is 9.84 Å². The van der Waals surface area contributed by atoms with Crippen LogP contribution in [0.25, 0.3) is 11.1 Å². The van der Waals surface area contributed by atoms with E-state index in [4.69, 9.17) is 23.2 Å². The Morgan fingerprint density at radius 2 is 1.60 bits per heavy atom. The molecule has 0 aliphatic heterocycles. The molecule has 0 aromatic heterocycles. The van der Waals surface area contributed by atoms with E-state index in [9.17, 15) is 18.3 Å². The monoisotopic (exact) mass is 322 g/mol. The SMILES string of the molecule is Oc1cc(OC(F)(F)F)cc(-c2ccc(Cl)c(Cl)c2)c1. The topological polar surface area (TPSA) is 29.5 Å². The molecule has 0 saturated heterocycles. The van der Waals surface area contributed by atoms with Gasteiger partial charge >= 0.3 is 6.36 Å². The van der Waals surface area contributed by atoms with Gasteiger partial charge in [0, 0.05) is 6.07 Å². The van der Waals surface area contributed by atoms with Gasteiger partial charge in [-0.3, -0.25) is 0 Å². The zero-order valence-corrected chi connectivity index (χ0v) is 11.2. The first kappa shape index (κ1) is 14.8. The molecule has 0 aliphatic carbocycles. The maximum absolute atomic E-state index is 12.2. The first-order valence-electron chi connectivity index (χ1n) is 5.30. The van der Waals surface area contributed by atoms with Crippen LogP contribution in [0.15, 0.2) is 36.4 Å². The molecule has 0 heterocycles. The number of rotatable bonds is 2. The van der Waals surface area contributed by atoms with Gasteiger partial charge in [0.05, 0.1) is 10.0 Å². The van der Waals surface area contributed by atoms with Crippen LogP contribution in [-0.2, 0) is 0 Å². The van der Waals surface area contributed by atoms with Crippen molar-refractivity contribution in [2.75, 3.05) is 0 Å². The number of benzene rings is 2. The highest BCUT2D eigenvalue weighted by molar-refractivity contribution is 6.42. The van der Waals surface area contributed by atoms with E-state index < -0.39 is 12.1 Å². The minimum atomic E-state index is -4.83. The third-order valence-corrected chi connectivity index (χ3v) is 3.12. The average Bonchev–Trinajstić information content (AvgIpc) is 2.29. The Balaban J connectivity index is 2.43. The van der Waals surface area contributed by atoms with Gasteiger partial charge in [0.1, 0.15) is 11.5 Å². The van der Waals surface area contributed by atoms with E-state index in [2.05, 4.69) is 4.74 Å². The van der Waals surface area contributed by atoms with Gasteiger partial charge in [-0.05, 0) is 35.4 Å². The summed E-state index contributed by atoms with van der Waals surface area (Å²) in [5, 5.41) is 10.0. The van der Waals surface area contributed by atoms with Crippen molar-refractivity contribution in [3.8, 4) is 22.6 Å². The van der Waals surface area contributed by atoms with E-state index >= 15 is 0 Å². The van der Waals surface area contributed by atoms with Crippen LogP contribution in [0, 0.1) is 0 Å². The summed E-state index contributed by atoms with van der Waals surface area (Å²) in [5.41, 5.74) is 0.824. The molecule has 0 aliphatic rings. The lowest BCUT2D eigenvalue weighted by Gasteiger charge is -2.11. The number of ether oxygens (including phenoxy) is 1. The molecular weight excluding hydrogens is 316 g/mol. The molecule has 7 heteroatoms. The van der Waals surface area contributed by atoms with Gasteiger partial charge in [0.25, 0.3) is 0 Å². The minimum Gasteiger partial charge on any atom is -0.508 e. The van der Waals surface area contributed by atoms with Crippen molar-refractivity contribution in [3.05, 3.63) is 46.4 Å². The van der Waals surface area contributed by atoms with Crippen LogP contribution in [0.2, 0.25) is 10.0 Å². The number of hydrogen-bond acceptors (Lipinski definition) is 2. The number of alkyl halides is 3. The van der Waals surface area contributed by atoms with Crippen molar-refractivity contribution in [3.63, 3.8) is 0 Å². The molecule has 1 N–H and O–H groups in total. The second-order valence-electron chi connectivity index (χ2n) is 3.89. The predicted octanol–water partition coefficient (Wildman–Crippen LogP) is 5.26. The Kier molecular flexibility index (Phi) is 4.01. The molecule has 0 bridgehead atoms. The molecule has 2 aromatic rings. The number of halogens is 5. The first-order chi connectivity index (χ1) is 9.24. The van der Waals surface area contributed by atoms with E-state index in [1.807, 2.05) is 0 Å². The molecule has 0 spiro atoms. The highest BCUT2D eigenvalue weighted by Crippen LogP contribution is 2.34. The summed E-state index contributed by atoms with van der Waals surface area (Å²) in [6.45, 7) is 0. The van der Waals surface area contributed by atoms with E-state index in [-0.39, 0.29) is 10.8 Å². The van der Waals surface area contributed by atoms with Crippen LogP contribution in [0.4, 0.5) is 13.2 Å². The molecule has 2 rings (SSSR count). The van der Waals surface area contributed by atoms with Gasteiger partial charge in [-0.2, -0.15) is 0 Å². The largest absolute Gasteiger partial charge is 0.573 e. The van der Waals surface area contributed by atoms with Gasteiger partial charge in [-0.25, -0.2) is 0 Å². The molecule has 2 aromatic carbocycles. The van der Waals surface area contributed by atoms with Crippen molar-refractivity contribution in [2.24, 2.45) is 0 Å². The second kappa shape index (κ2) is 5.42. The summed E-state index contributed by atoms with van der Waals surface area (Å²) < 4.78 is 40.3. The number of phenols is 1. The van der Waals surface area contributed by atoms with Crippen molar-refractivity contribution < 1.29 is 23.0 Å². The quantitative estimate of drug-likeness (QED) is 0.816. The Morgan fingerprint density at radius 1 is 0.900 bits per heavy atom. The first-order valence-corrected chi connectivity index (χ1v) is 6.05. The Hall–Kier alpha value is -1.59. The highest BCUT2D eigenvalue weighted by atomic mass is 35.5. The molecule has 0 amide bonds. The average molecular weight is 323 g/mol. The third kappa shape index (κ3) is 3.71. The molecule has 0 saturated carbocycles. The summed E-state index contributed by atoms with van der Waals surface area (Å²) in [5.74, 6) is -0.869. The Labute approximate surface area is 122 Å².